The number of hydrogen-bond donors (Lipinski definition) is 2. The molecule has 0 saturated carbocycles. The Hall–Kier alpha value is -0.910. The van der Waals surface area contributed by atoms with Crippen molar-refractivity contribution in [3.63, 3.8) is 0 Å². The summed E-state index contributed by atoms with van der Waals surface area (Å²) < 4.78 is 0. The zero-order valence-corrected chi connectivity index (χ0v) is 11.7. The zero-order valence-electron chi connectivity index (χ0n) is 10.9. The fourth-order valence-electron chi connectivity index (χ4n) is 2.04. The summed E-state index contributed by atoms with van der Waals surface area (Å²) in [6.07, 6.45) is 5.59. The van der Waals surface area contributed by atoms with Crippen LogP contribution in [-0.2, 0) is 4.79 Å². The summed E-state index contributed by atoms with van der Waals surface area (Å²) in [6, 6.07) is -0.120. The number of carboxylic acids is 1. The Morgan fingerprint density at radius 3 is 2.89 bits per heavy atom. The average molecular weight is 274 g/mol. The number of carbonyl (C=O) groups excluding carboxylic acids is 1. The quantitative estimate of drug-likeness (QED) is 0.722. The molecule has 0 aliphatic carbocycles. The highest BCUT2D eigenvalue weighted by Crippen LogP contribution is 2.16. The molecule has 18 heavy (non-hydrogen) atoms. The summed E-state index contributed by atoms with van der Waals surface area (Å²) in [5.74, 6) is -0.0887. The van der Waals surface area contributed by atoms with Crippen LogP contribution >= 0.6 is 11.8 Å². The lowest BCUT2D eigenvalue weighted by Gasteiger charge is -2.30. The van der Waals surface area contributed by atoms with Gasteiger partial charge in [0.2, 0.25) is 0 Å². The second kappa shape index (κ2) is 8.24. The molecule has 1 atom stereocenters. The highest BCUT2D eigenvalue weighted by molar-refractivity contribution is 7.98. The molecular weight excluding hydrogens is 252 g/mol. The molecule has 0 aromatic heterocycles. The minimum absolute atomic E-state index is 0.120. The molecule has 0 unspecified atom stereocenters. The van der Waals surface area contributed by atoms with Crippen LogP contribution in [0.4, 0.5) is 4.79 Å². The van der Waals surface area contributed by atoms with Crippen LogP contribution in [0.1, 0.15) is 25.7 Å². The summed E-state index contributed by atoms with van der Waals surface area (Å²) in [5, 5.41) is 11.8. The fraction of sp³-hybridized carbons (Fsp3) is 0.833. The third kappa shape index (κ3) is 5.16. The number of nitrogens with one attached hydrogen (secondary N) is 1. The Kier molecular flexibility index (Phi) is 6.93. The van der Waals surface area contributed by atoms with E-state index in [-0.39, 0.29) is 6.03 Å². The number of piperidine rings is 1. The van der Waals surface area contributed by atoms with Crippen molar-refractivity contribution < 1.29 is 14.7 Å². The van der Waals surface area contributed by atoms with Crippen molar-refractivity contribution >= 4 is 23.8 Å². The van der Waals surface area contributed by atoms with Crippen molar-refractivity contribution in [1.29, 1.82) is 0 Å². The predicted octanol–water partition coefficient (Wildman–Crippen LogP) is 1.64. The molecule has 0 bridgehead atoms. The van der Waals surface area contributed by atoms with Crippen LogP contribution in [0.15, 0.2) is 0 Å². The molecule has 1 fully saturated rings. The summed E-state index contributed by atoms with van der Waals surface area (Å²) in [5.41, 5.74) is 0. The molecular formula is C12H22N2O3S. The summed E-state index contributed by atoms with van der Waals surface area (Å²) in [4.78, 5) is 24.3. The van der Waals surface area contributed by atoms with Crippen LogP contribution in [0.2, 0.25) is 0 Å². The van der Waals surface area contributed by atoms with Crippen molar-refractivity contribution in [3.05, 3.63) is 0 Å². The van der Waals surface area contributed by atoms with Crippen molar-refractivity contribution in [2.75, 3.05) is 31.6 Å². The lowest BCUT2D eigenvalue weighted by molar-refractivity contribution is -0.143. The molecule has 0 aromatic carbocycles. The highest BCUT2D eigenvalue weighted by atomic mass is 32.2. The molecule has 104 valence electrons. The number of aliphatic carboxylic acids is 1. The minimum Gasteiger partial charge on any atom is -0.481 e. The number of likely N-dealkylation sites (tertiary alicyclic amines) is 1. The van der Waals surface area contributed by atoms with Gasteiger partial charge in [-0.05, 0) is 37.7 Å². The number of rotatable bonds is 6. The van der Waals surface area contributed by atoms with Gasteiger partial charge in [0.25, 0.3) is 0 Å². The van der Waals surface area contributed by atoms with Gasteiger partial charge in [-0.25, -0.2) is 4.79 Å². The van der Waals surface area contributed by atoms with Crippen molar-refractivity contribution in [2.45, 2.75) is 25.7 Å². The Morgan fingerprint density at radius 1 is 1.44 bits per heavy atom. The van der Waals surface area contributed by atoms with Gasteiger partial charge in [0.1, 0.15) is 0 Å². The first-order valence-electron chi connectivity index (χ1n) is 6.39. The van der Waals surface area contributed by atoms with Gasteiger partial charge in [-0.2, -0.15) is 11.8 Å². The van der Waals surface area contributed by atoms with Crippen LogP contribution in [0.25, 0.3) is 0 Å². The third-order valence-corrected chi connectivity index (χ3v) is 3.81. The van der Waals surface area contributed by atoms with Crippen LogP contribution < -0.4 is 5.32 Å². The molecule has 0 aromatic rings. The first-order chi connectivity index (χ1) is 8.65. The Morgan fingerprint density at radius 2 is 2.22 bits per heavy atom. The molecule has 2 amide bonds. The van der Waals surface area contributed by atoms with Gasteiger partial charge in [-0.3, -0.25) is 4.79 Å². The Bertz CT molecular complexity index is 286. The maximum absolute atomic E-state index is 11.8. The fourth-order valence-corrected chi connectivity index (χ4v) is 2.53. The summed E-state index contributed by atoms with van der Waals surface area (Å²) >= 11 is 1.80. The number of thioether (sulfide) groups is 1. The molecule has 1 saturated heterocycles. The first kappa shape index (κ1) is 15.1. The molecule has 0 radical (unpaired) electrons. The van der Waals surface area contributed by atoms with E-state index in [1.807, 2.05) is 0 Å². The lowest BCUT2D eigenvalue weighted by Crippen LogP contribution is -2.47. The van der Waals surface area contributed by atoms with Crippen LogP contribution in [0.3, 0.4) is 0 Å². The van der Waals surface area contributed by atoms with E-state index in [2.05, 4.69) is 11.6 Å². The Labute approximate surface area is 112 Å². The zero-order chi connectivity index (χ0) is 13.4. The van der Waals surface area contributed by atoms with Gasteiger partial charge < -0.3 is 15.3 Å². The Balaban J connectivity index is 2.22. The van der Waals surface area contributed by atoms with Crippen LogP contribution in [-0.4, -0.2) is 53.6 Å². The van der Waals surface area contributed by atoms with Crippen LogP contribution in [0, 0.1) is 5.92 Å². The van der Waals surface area contributed by atoms with E-state index in [1.165, 1.54) is 0 Å². The number of urea groups is 1. The van der Waals surface area contributed by atoms with Gasteiger partial charge in [0.15, 0.2) is 0 Å². The van der Waals surface area contributed by atoms with Gasteiger partial charge in [-0.1, -0.05) is 0 Å². The SMILES string of the molecule is CSCCCCNC(=O)N1CCC[C@@H](C(=O)O)C1. The number of amides is 2. The lowest BCUT2D eigenvalue weighted by atomic mass is 9.99. The summed E-state index contributed by atoms with van der Waals surface area (Å²) in [7, 11) is 0. The van der Waals surface area contributed by atoms with Crippen LogP contribution in [0.5, 0.6) is 0 Å². The minimum atomic E-state index is -0.799. The number of hydrogen-bond acceptors (Lipinski definition) is 3. The third-order valence-electron chi connectivity index (χ3n) is 3.11. The molecule has 5 nitrogen and oxygen atoms in total. The molecule has 0 spiro atoms. The first-order valence-corrected chi connectivity index (χ1v) is 7.79. The van der Waals surface area contributed by atoms with Crippen molar-refractivity contribution in [3.8, 4) is 0 Å². The average Bonchev–Trinajstić information content (AvgIpc) is 2.38. The summed E-state index contributed by atoms with van der Waals surface area (Å²) in [6.45, 7) is 1.68. The monoisotopic (exact) mass is 274 g/mol. The van der Waals surface area contributed by atoms with Crippen molar-refractivity contribution in [1.82, 2.24) is 10.2 Å². The largest absolute Gasteiger partial charge is 0.481 e. The van der Waals surface area contributed by atoms with E-state index in [1.54, 1.807) is 16.7 Å². The normalized spacial score (nSPS) is 19.6. The maximum atomic E-state index is 11.8. The molecule has 1 aliphatic heterocycles. The van der Waals surface area contributed by atoms with Gasteiger partial charge >= 0.3 is 12.0 Å². The van der Waals surface area contributed by atoms with Gasteiger partial charge in [0, 0.05) is 19.6 Å². The predicted molar refractivity (Wildman–Crippen MR) is 72.9 cm³/mol. The second-order valence-corrected chi connectivity index (χ2v) is 5.54. The van der Waals surface area contributed by atoms with E-state index >= 15 is 0 Å². The topological polar surface area (TPSA) is 69.6 Å². The number of nitrogens with zero attached hydrogens (tertiary/aromatic N) is 1. The molecule has 2 N–H and O–H groups in total. The smallest absolute Gasteiger partial charge is 0.317 e. The van der Waals surface area contributed by atoms with E-state index < -0.39 is 11.9 Å². The maximum Gasteiger partial charge on any atom is 0.317 e. The molecule has 1 aliphatic rings. The van der Waals surface area contributed by atoms with E-state index in [0.717, 1.165) is 25.0 Å². The molecule has 1 rings (SSSR count). The second-order valence-electron chi connectivity index (χ2n) is 4.56. The number of unbranched alkanes of at least 4 members (excludes halogenated alkanes) is 1. The van der Waals surface area contributed by atoms with Gasteiger partial charge in [0.05, 0.1) is 5.92 Å². The number of carboxylic acid groups (broad SMARTS) is 1. The van der Waals surface area contributed by atoms with E-state index in [4.69, 9.17) is 5.11 Å². The molecule has 1 heterocycles. The van der Waals surface area contributed by atoms with Crippen molar-refractivity contribution in [2.24, 2.45) is 5.92 Å². The molecule has 6 heteroatoms. The van der Waals surface area contributed by atoms with E-state index in [0.29, 0.717) is 26.1 Å². The van der Waals surface area contributed by atoms with E-state index in [9.17, 15) is 9.59 Å². The number of carbonyl (C=O) groups is 2. The van der Waals surface area contributed by atoms with Gasteiger partial charge in [-0.15, -0.1) is 0 Å². The highest BCUT2D eigenvalue weighted by Gasteiger charge is 2.27. The standard InChI is InChI=1S/C12H22N2O3S/c1-18-8-3-2-6-13-12(17)14-7-4-5-10(9-14)11(15)16/h10H,2-9H2,1H3,(H,13,17)(H,15,16)/t10-/m1/s1.